The average molecular weight is 262 g/mol. The SMILES string of the molecule is C=C(C(=O)Oc1ccccc1)[Si](CC)(CC)CC. The van der Waals surface area contributed by atoms with Crippen LogP contribution in [-0.4, -0.2) is 14.0 Å². The van der Waals surface area contributed by atoms with Gasteiger partial charge >= 0.3 is 5.97 Å². The predicted octanol–water partition coefficient (Wildman–Crippen LogP) is 4.20. The Morgan fingerprint density at radius 1 is 1.11 bits per heavy atom. The van der Waals surface area contributed by atoms with Gasteiger partial charge in [-0.3, -0.25) is 0 Å². The number of carbonyl (C=O) groups excluding carboxylic acids is 1. The van der Waals surface area contributed by atoms with E-state index >= 15 is 0 Å². The number of benzene rings is 1. The topological polar surface area (TPSA) is 26.3 Å². The molecule has 0 bridgehead atoms. The van der Waals surface area contributed by atoms with Crippen LogP contribution in [0.4, 0.5) is 0 Å². The first-order chi connectivity index (χ1) is 8.59. The Bertz CT molecular complexity index is 399. The van der Waals surface area contributed by atoms with Crippen LogP contribution in [0.3, 0.4) is 0 Å². The molecule has 0 aliphatic carbocycles. The molecule has 1 aromatic rings. The number of rotatable bonds is 6. The highest BCUT2D eigenvalue weighted by molar-refractivity contribution is 6.89. The lowest BCUT2D eigenvalue weighted by Gasteiger charge is -2.28. The van der Waals surface area contributed by atoms with E-state index in [0.29, 0.717) is 5.75 Å². The molecule has 18 heavy (non-hydrogen) atoms. The summed E-state index contributed by atoms with van der Waals surface area (Å²) in [5.74, 6) is 0.341. The fourth-order valence-corrected chi connectivity index (χ4v) is 5.53. The summed E-state index contributed by atoms with van der Waals surface area (Å²) in [6.45, 7) is 10.5. The molecule has 0 saturated carbocycles. The molecule has 0 spiro atoms. The maximum atomic E-state index is 12.1. The van der Waals surface area contributed by atoms with E-state index < -0.39 is 8.07 Å². The summed E-state index contributed by atoms with van der Waals surface area (Å²) in [4.78, 5) is 12.1. The van der Waals surface area contributed by atoms with Gasteiger partial charge in [0.15, 0.2) is 0 Å². The second-order valence-corrected chi connectivity index (χ2v) is 9.81. The van der Waals surface area contributed by atoms with Gasteiger partial charge in [-0.05, 0) is 12.1 Å². The Hall–Kier alpha value is -1.35. The van der Waals surface area contributed by atoms with Gasteiger partial charge in [-0.2, -0.15) is 0 Å². The Balaban J connectivity index is 2.81. The second-order valence-electron chi connectivity index (χ2n) is 4.52. The van der Waals surface area contributed by atoms with Crippen molar-refractivity contribution in [1.29, 1.82) is 0 Å². The van der Waals surface area contributed by atoms with E-state index in [-0.39, 0.29) is 5.97 Å². The van der Waals surface area contributed by atoms with Crippen LogP contribution in [0.5, 0.6) is 5.75 Å². The molecule has 0 fully saturated rings. The minimum atomic E-state index is -1.71. The molecule has 0 aliphatic rings. The number of hydrogen-bond donors (Lipinski definition) is 0. The van der Waals surface area contributed by atoms with Crippen LogP contribution in [0.25, 0.3) is 0 Å². The molecular formula is C15H22O2Si. The molecule has 0 atom stereocenters. The van der Waals surface area contributed by atoms with Crippen molar-refractivity contribution in [1.82, 2.24) is 0 Å². The molecule has 0 unspecified atom stereocenters. The summed E-state index contributed by atoms with van der Waals surface area (Å²) < 4.78 is 5.38. The smallest absolute Gasteiger partial charge is 0.334 e. The van der Waals surface area contributed by atoms with Gasteiger partial charge in [0.2, 0.25) is 0 Å². The first kappa shape index (κ1) is 14.7. The number of hydrogen-bond acceptors (Lipinski definition) is 2. The van der Waals surface area contributed by atoms with Crippen molar-refractivity contribution in [2.45, 2.75) is 38.9 Å². The van der Waals surface area contributed by atoms with E-state index in [1.54, 1.807) is 12.1 Å². The molecular weight excluding hydrogens is 240 g/mol. The normalized spacial score (nSPS) is 11.1. The highest BCUT2D eigenvalue weighted by atomic mass is 28.3. The van der Waals surface area contributed by atoms with Gasteiger partial charge in [-0.25, -0.2) is 4.79 Å². The Labute approximate surface area is 111 Å². The van der Waals surface area contributed by atoms with Crippen molar-refractivity contribution in [3.05, 3.63) is 42.1 Å². The molecule has 2 nitrogen and oxygen atoms in total. The summed E-state index contributed by atoms with van der Waals surface area (Å²) in [7, 11) is -1.71. The Morgan fingerprint density at radius 3 is 2.06 bits per heavy atom. The molecule has 1 rings (SSSR count). The quantitative estimate of drug-likeness (QED) is 0.332. The van der Waals surface area contributed by atoms with Gasteiger partial charge in [0, 0.05) is 5.20 Å². The van der Waals surface area contributed by atoms with E-state index in [0.717, 1.165) is 23.3 Å². The maximum absolute atomic E-state index is 12.1. The molecule has 1 aromatic carbocycles. The fourth-order valence-electron chi connectivity index (χ4n) is 2.26. The number of esters is 1. The summed E-state index contributed by atoms with van der Waals surface area (Å²) in [5, 5.41) is 0.721. The lowest BCUT2D eigenvalue weighted by atomic mass is 10.3. The summed E-state index contributed by atoms with van der Waals surface area (Å²) in [5.41, 5.74) is 0. The Kier molecular flexibility index (Phi) is 5.35. The van der Waals surface area contributed by atoms with Crippen molar-refractivity contribution in [2.75, 3.05) is 0 Å². The maximum Gasteiger partial charge on any atom is 0.334 e. The van der Waals surface area contributed by atoms with Crippen LogP contribution >= 0.6 is 0 Å². The highest BCUT2D eigenvalue weighted by Gasteiger charge is 2.35. The predicted molar refractivity (Wildman–Crippen MR) is 78.4 cm³/mol. The standard InChI is InChI=1S/C15H22O2Si/c1-5-18(6-2,7-3)13(4)15(16)17-14-11-9-8-10-12-14/h8-12H,4-7H2,1-3H3. The lowest BCUT2D eigenvalue weighted by Crippen LogP contribution is -2.39. The molecule has 0 N–H and O–H groups in total. The van der Waals surface area contributed by atoms with E-state index in [1.807, 2.05) is 18.2 Å². The largest absolute Gasteiger partial charge is 0.423 e. The van der Waals surface area contributed by atoms with E-state index in [2.05, 4.69) is 27.4 Å². The van der Waals surface area contributed by atoms with Gasteiger partial charge in [-0.15, -0.1) is 0 Å². The average Bonchev–Trinajstić information content (AvgIpc) is 2.42. The molecule has 0 heterocycles. The van der Waals surface area contributed by atoms with Gasteiger partial charge in [0.25, 0.3) is 0 Å². The van der Waals surface area contributed by atoms with Gasteiger partial charge in [0.05, 0.1) is 8.07 Å². The molecule has 0 aromatic heterocycles. The van der Waals surface area contributed by atoms with Crippen LogP contribution < -0.4 is 4.74 Å². The zero-order chi connectivity index (χ0) is 13.6. The Morgan fingerprint density at radius 2 is 1.61 bits per heavy atom. The third-order valence-electron chi connectivity index (χ3n) is 3.87. The van der Waals surface area contributed by atoms with Crippen molar-refractivity contribution >= 4 is 14.0 Å². The van der Waals surface area contributed by atoms with Crippen molar-refractivity contribution in [3.63, 3.8) is 0 Å². The zero-order valence-corrected chi connectivity index (χ0v) is 12.5. The number of ether oxygens (including phenoxy) is 1. The van der Waals surface area contributed by atoms with Gasteiger partial charge in [-0.1, -0.05) is 63.7 Å². The van der Waals surface area contributed by atoms with Crippen LogP contribution in [0.2, 0.25) is 18.1 Å². The minimum absolute atomic E-state index is 0.251. The molecule has 3 heteroatoms. The van der Waals surface area contributed by atoms with Crippen LogP contribution in [0, 0.1) is 0 Å². The summed E-state index contributed by atoms with van der Waals surface area (Å²) >= 11 is 0. The first-order valence-electron chi connectivity index (χ1n) is 6.56. The zero-order valence-electron chi connectivity index (χ0n) is 11.5. The summed E-state index contributed by atoms with van der Waals surface area (Å²) in [6.07, 6.45) is 0. The molecule has 98 valence electrons. The first-order valence-corrected chi connectivity index (χ1v) is 9.18. The molecule has 0 amide bonds. The molecule has 0 saturated heterocycles. The highest BCUT2D eigenvalue weighted by Crippen LogP contribution is 2.28. The molecule has 0 aliphatic heterocycles. The van der Waals surface area contributed by atoms with Gasteiger partial charge in [0.1, 0.15) is 5.75 Å². The van der Waals surface area contributed by atoms with Crippen molar-refractivity contribution in [3.8, 4) is 5.75 Å². The number of carbonyl (C=O) groups is 1. The molecule has 0 radical (unpaired) electrons. The fraction of sp³-hybridized carbons (Fsp3) is 0.400. The summed E-state index contributed by atoms with van der Waals surface area (Å²) in [6, 6.07) is 12.3. The minimum Gasteiger partial charge on any atom is -0.423 e. The third kappa shape index (κ3) is 3.10. The second kappa shape index (κ2) is 6.54. The number of para-hydroxylation sites is 1. The van der Waals surface area contributed by atoms with Crippen LogP contribution in [0.15, 0.2) is 42.1 Å². The van der Waals surface area contributed by atoms with Crippen LogP contribution in [-0.2, 0) is 4.79 Å². The van der Waals surface area contributed by atoms with Gasteiger partial charge < -0.3 is 4.74 Å². The lowest BCUT2D eigenvalue weighted by molar-refractivity contribution is -0.129. The van der Waals surface area contributed by atoms with Crippen molar-refractivity contribution in [2.24, 2.45) is 0 Å². The van der Waals surface area contributed by atoms with E-state index in [9.17, 15) is 4.79 Å². The van der Waals surface area contributed by atoms with E-state index in [4.69, 9.17) is 4.74 Å². The van der Waals surface area contributed by atoms with Crippen molar-refractivity contribution < 1.29 is 9.53 Å². The third-order valence-corrected chi connectivity index (χ3v) is 9.42. The monoisotopic (exact) mass is 262 g/mol. The van der Waals surface area contributed by atoms with E-state index in [1.165, 1.54) is 0 Å². The van der Waals surface area contributed by atoms with Crippen LogP contribution in [0.1, 0.15) is 20.8 Å².